The molecule has 4 rings (SSSR count). The number of hydrogen-bond donors (Lipinski definition) is 7. The van der Waals surface area contributed by atoms with E-state index in [0.717, 1.165) is 22.3 Å². The number of ether oxygens (including phenoxy) is 2. The van der Waals surface area contributed by atoms with E-state index in [0.29, 0.717) is 12.8 Å². The van der Waals surface area contributed by atoms with Gasteiger partial charge in [-0.05, 0) is 87.0 Å². The van der Waals surface area contributed by atoms with E-state index in [1.165, 1.54) is 0 Å². The van der Waals surface area contributed by atoms with Gasteiger partial charge in [-0.25, -0.2) is 9.59 Å². The Morgan fingerprint density at radius 1 is 0.794 bits per heavy atom. The molecule has 2 aliphatic rings. The Labute approximate surface area is 368 Å². The van der Waals surface area contributed by atoms with Gasteiger partial charge in [-0.3, -0.25) is 28.8 Å². The lowest BCUT2D eigenvalue weighted by Gasteiger charge is -2.29. The van der Waals surface area contributed by atoms with Crippen molar-refractivity contribution in [3.63, 3.8) is 0 Å². The molecule has 0 spiro atoms. The van der Waals surface area contributed by atoms with E-state index in [4.69, 9.17) is 9.47 Å². The summed E-state index contributed by atoms with van der Waals surface area (Å²) >= 11 is 0. The molecule has 0 unspecified atom stereocenters. The van der Waals surface area contributed by atoms with Crippen molar-refractivity contribution >= 4 is 47.6 Å². The number of hydrogen-bond acceptors (Lipinski definition) is 10. The molecule has 0 bridgehead atoms. The fraction of sp³-hybridized carbons (Fsp3) is 0.565. The molecule has 2 aromatic rings. The van der Waals surface area contributed by atoms with Crippen LogP contribution in [0.3, 0.4) is 0 Å². The van der Waals surface area contributed by atoms with Crippen molar-refractivity contribution in [1.82, 2.24) is 31.9 Å². The molecule has 1 aliphatic carbocycles. The van der Waals surface area contributed by atoms with Gasteiger partial charge in [0.05, 0.1) is 6.42 Å². The Bertz CT molecular complexity index is 1940. The topological polar surface area (TPSA) is 247 Å². The minimum absolute atomic E-state index is 0.0334. The number of aliphatic carboxylic acids is 1. The molecule has 17 heteroatoms. The van der Waals surface area contributed by atoms with Crippen LogP contribution in [0, 0.1) is 11.8 Å². The first-order valence-corrected chi connectivity index (χ1v) is 21.8. The summed E-state index contributed by atoms with van der Waals surface area (Å²) in [6.07, 6.45) is -0.877. The number of fused-ring (bicyclic) bond motifs is 3. The van der Waals surface area contributed by atoms with Crippen LogP contribution in [0.5, 0.6) is 0 Å². The first-order chi connectivity index (χ1) is 29.8. The first-order valence-electron chi connectivity index (χ1n) is 21.8. The van der Waals surface area contributed by atoms with Crippen LogP contribution >= 0.6 is 0 Å². The summed E-state index contributed by atoms with van der Waals surface area (Å²) in [5.74, 6) is -6.81. The smallest absolute Gasteiger partial charge is 0.407 e. The number of esters is 1. The highest BCUT2D eigenvalue weighted by molar-refractivity contribution is 5.97. The van der Waals surface area contributed by atoms with Crippen molar-refractivity contribution in [2.45, 2.75) is 142 Å². The van der Waals surface area contributed by atoms with Crippen molar-refractivity contribution in [3.05, 3.63) is 59.7 Å². The third-order valence-corrected chi connectivity index (χ3v) is 11.0. The van der Waals surface area contributed by atoms with Gasteiger partial charge in [0, 0.05) is 18.9 Å². The maximum Gasteiger partial charge on any atom is 0.407 e. The van der Waals surface area contributed by atoms with Crippen LogP contribution in [-0.4, -0.2) is 102 Å². The molecule has 2 aromatic carbocycles. The van der Waals surface area contributed by atoms with Crippen LogP contribution in [0.4, 0.5) is 4.79 Å². The summed E-state index contributed by atoms with van der Waals surface area (Å²) in [4.78, 5) is 108. The standard InChI is InChI=1S/C46H64N6O11/c1-8-27(4)39-43(58)50-35(23-26(2)3)41(56)49-36(24-38(54)63-46(5,6)7)42(57)48-34(44(59)60)19-13-14-22-47-37(53)21-20-33(40(55)52-39)51-45(61)62-25-32-30-17-11-9-15-28(30)29-16-10-12-18-31(29)32/h9-12,15-18,26-27,32-36,39H,8,13-14,19-25H2,1-7H3,(H,47,53)(H,48,57)(H,49,56)(H,50,58)(H,51,61)(H,52,55)(H,59,60)/t27-,33-,34-,35-,36-,39-/m0/s1. The fourth-order valence-corrected chi connectivity index (χ4v) is 7.60. The Morgan fingerprint density at radius 2 is 1.40 bits per heavy atom. The van der Waals surface area contributed by atoms with E-state index in [9.17, 15) is 43.5 Å². The number of carbonyl (C=O) groups excluding carboxylic acids is 7. The summed E-state index contributed by atoms with van der Waals surface area (Å²) in [6.45, 7) is 12.1. The zero-order valence-corrected chi connectivity index (χ0v) is 37.3. The molecule has 1 heterocycles. The fourth-order valence-electron chi connectivity index (χ4n) is 7.60. The lowest BCUT2D eigenvalue weighted by molar-refractivity contribution is -0.156. The van der Waals surface area contributed by atoms with E-state index < -0.39 is 95.7 Å². The van der Waals surface area contributed by atoms with Gasteiger partial charge in [0.2, 0.25) is 29.5 Å². The van der Waals surface area contributed by atoms with Gasteiger partial charge in [-0.1, -0.05) is 82.6 Å². The van der Waals surface area contributed by atoms with Gasteiger partial charge in [0.15, 0.2) is 0 Å². The molecular weight excluding hydrogens is 813 g/mol. The number of carboxylic acid groups (broad SMARTS) is 1. The Hall–Kier alpha value is -6.00. The maximum atomic E-state index is 14.1. The average Bonchev–Trinajstić information content (AvgIpc) is 3.53. The molecule has 1 saturated heterocycles. The highest BCUT2D eigenvalue weighted by Crippen LogP contribution is 2.44. The summed E-state index contributed by atoms with van der Waals surface area (Å²) < 4.78 is 11.1. The minimum Gasteiger partial charge on any atom is -0.480 e. The Morgan fingerprint density at radius 3 is 1.98 bits per heavy atom. The predicted molar refractivity (Wildman–Crippen MR) is 233 cm³/mol. The number of rotatable bonds is 10. The largest absolute Gasteiger partial charge is 0.480 e. The lowest BCUT2D eigenvalue weighted by atomic mass is 9.96. The van der Waals surface area contributed by atoms with Crippen molar-refractivity contribution in [3.8, 4) is 11.1 Å². The average molecular weight is 877 g/mol. The third kappa shape index (κ3) is 14.8. The zero-order valence-electron chi connectivity index (χ0n) is 37.3. The van der Waals surface area contributed by atoms with Crippen LogP contribution in [0.2, 0.25) is 0 Å². The highest BCUT2D eigenvalue weighted by atomic mass is 16.6. The summed E-state index contributed by atoms with van der Waals surface area (Å²) in [7, 11) is 0. The number of carboxylic acids is 1. The molecule has 17 nitrogen and oxygen atoms in total. The molecule has 1 fully saturated rings. The molecule has 344 valence electrons. The molecule has 6 amide bonds. The van der Waals surface area contributed by atoms with Crippen molar-refractivity contribution in [1.29, 1.82) is 0 Å². The second-order valence-electron chi connectivity index (χ2n) is 17.7. The zero-order chi connectivity index (χ0) is 46.4. The summed E-state index contributed by atoms with van der Waals surface area (Å²) in [6, 6.07) is 8.87. The summed E-state index contributed by atoms with van der Waals surface area (Å²) in [5, 5.41) is 25.7. The van der Waals surface area contributed by atoms with E-state index >= 15 is 0 Å². The number of benzene rings is 2. The third-order valence-electron chi connectivity index (χ3n) is 11.0. The number of amides is 6. The van der Waals surface area contributed by atoms with Crippen molar-refractivity contribution in [2.75, 3.05) is 13.2 Å². The van der Waals surface area contributed by atoms with Crippen LogP contribution in [0.25, 0.3) is 11.1 Å². The van der Waals surface area contributed by atoms with E-state index in [2.05, 4.69) is 31.9 Å². The van der Waals surface area contributed by atoms with E-state index in [1.54, 1.807) is 27.7 Å². The molecule has 6 atom stereocenters. The maximum absolute atomic E-state index is 14.1. The molecular formula is C46H64N6O11. The van der Waals surface area contributed by atoms with Crippen molar-refractivity contribution < 1.29 is 52.9 Å². The quantitative estimate of drug-likeness (QED) is 0.169. The van der Waals surface area contributed by atoms with E-state index in [-0.39, 0.29) is 57.1 Å². The highest BCUT2D eigenvalue weighted by Gasteiger charge is 2.36. The van der Waals surface area contributed by atoms with Gasteiger partial charge in [0.1, 0.15) is 42.4 Å². The van der Waals surface area contributed by atoms with E-state index in [1.807, 2.05) is 69.3 Å². The van der Waals surface area contributed by atoms with Gasteiger partial charge in [0.25, 0.3) is 0 Å². The second kappa shape index (κ2) is 22.9. The SMILES string of the molecule is CC[C@H](C)[C@@H]1NC(=O)[C@@H](NC(=O)OCC2c3ccccc3-c3ccccc32)CCC(=O)NCCCC[C@@H](C(=O)O)NC(=O)[C@H](CC(=O)OC(C)(C)C)NC(=O)[C@H](CC(C)C)NC1=O. The van der Waals surface area contributed by atoms with Crippen LogP contribution in [0.1, 0.15) is 117 Å². The molecule has 1 aliphatic heterocycles. The molecule has 7 N–H and O–H groups in total. The van der Waals surface area contributed by atoms with Crippen LogP contribution in [-0.2, 0) is 43.0 Å². The van der Waals surface area contributed by atoms with Gasteiger partial charge in [-0.2, -0.15) is 0 Å². The Kier molecular flexibility index (Phi) is 18.1. The number of carbonyl (C=O) groups is 8. The molecule has 0 saturated carbocycles. The minimum atomic E-state index is -1.58. The van der Waals surface area contributed by atoms with Crippen molar-refractivity contribution in [2.24, 2.45) is 11.8 Å². The van der Waals surface area contributed by atoms with Crippen LogP contribution in [0.15, 0.2) is 48.5 Å². The van der Waals surface area contributed by atoms with Gasteiger partial charge >= 0.3 is 18.0 Å². The van der Waals surface area contributed by atoms with Gasteiger partial charge < -0.3 is 46.5 Å². The normalized spacial score (nSPS) is 22.7. The lowest BCUT2D eigenvalue weighted by Crippen LogP contribution is -2.60. The monoisotopic (exact) mass is 876 g/mol. The molecule has 0 radical (unpaired) electrons. The molecule has 0 aromatic heterocycles. The van der Waals surface area contributed by atoms with Crippen LogP contribution < -0.4 is 31.9 Å². The molecule has 63 heavy (non-hydrogen) atoms. The first kappa shape index (κ1) is 49.7. The summed E-state index contributed by atoms with van der Waals surface area (Å²) in [5.41, 5.74) is 3.12. The number of nitrogens with one attached hydrogen (secondary N) is 6. The predicted octanol–water partition coefficient (Wildman–Crippen LogP) is 3.82. The number of alkyl carbamates (subject to hydrolysis) is 1. The second-order valence-corrected chi connectivity index (χ2v) is 17.7. The van der Waals surface area contributed by atoms with Gasteiger partial charge in [-0.15, -0.1) is 0 Å². The Balaban J connectivity index is 1.61.